The fraction of sp³-hybridized carbons (Fsp3) is 0.0800. The zero-order valence-electron chi connectivity index (χ0n) is 19.0. The first kappa shape index (κ1) is 23.9. The number of hydrogen-bond donors (Lipinski definition) is 2. The van der Waals surface area contributed by atoms with Gasteiger partial charge in [0.05, 0.1) is 16.1 Å². The van der Waals surface area contributed by atoms with Crippen molar-refractivity contribution in [2.45, 2.75) is 4.90 Å². The molecule has 0 atom stereocenters. The fourth-order valence-corrected chi connectivity index (χ4v) is 4.27. The molecule has 0 saturated heterocycles. The van der Waals surface area contributed by atoms with Crippen LogP contribution in [0.25, 0.3) is 16.9 Å². The van der Waals surface area contributed by atoms with E-state index < -0.39 is 21.8 Å². The van der Waals surface area contributed by atoms with Crippen LogP contribution in [0.15, 0.2) is 96.0 Å². The Balaban J connectivity index is 1.58. The van der Waals surface area contributed by atoms with Crippen LogP contribution in [0.1, 0.15) is 20.7 Å². The van der Waals surface area contributed by atoms with Gasteiger partial charge in [0, 0.05) is 31.4 Å². The van der Waals surface area contributed by atoms with Crippen molar-refractivity contribution in [3.8, 4) is 16.9 Å². The van der Waals surface area contributed by atoms with Crippen molar-refractivity contribution in [2.75, 3.05) is 14.1 Å². The molecule has 4 rings (SSSR count). The summed E-state index contributed by atoms with van der Waals surface area (Å²) < 4.78 is 27.4. The van der Waals surface area contributed by atoms with Crippen LogP contribution in [-0.2, 0) is 10.0 Å². The Morgan fingerprint density at radius 3 is 2.11 bits per heavy atom. The first-order valence-corrected chi connectivity index (χ1v) is 12.0. The van der Waals surface area contributed by atoms with Crippen LogP contribution in [0.5, 0.6) is 0 Å². The number of hydrogen-bond acceptors (Lipinski definition) is 5. The average molecular weight is 490 g/mol. The van der Waals surface area contributed by atoms with Crippen LogP contribution in [0.4, 0.5) is 0 Å². The van der Waals surface area contributed by atoms with E-state index in [1.165, 1.54) is 38.4 Å². The molecule has 0 aliphatic rings. The number of carbonyl (C=O) groups excluding carboxylic acids is 2. The Hall–Kier alpha value is -4.28. The van der Waals surface area contributed by atoms with E-state index in [-0.39, 0.29) is 16.0 Å². The molecule has 2 N–H and O–H groups in total. The molecule has 4 aromatic rings. The van der Waals surface area contributed by atoms with Gasteiger partial charge in [0.1, 0.15) is 5.69 Å². The van der Waals surface area contributed by atoms with Crippen molar-refractivity contribution in [2.24, 2.45) is 0 Å². The van der Waals surface area contributed by atoms with E-state index in [4.69, 9.17) is 0 Å². The molecule has 178 valence electrons. The first-order chi connectivity index (χ1) is 16.8. The average Bonchev–Trinajstić information content (AvgIpc) is 3.34. The highest BCUT2D eigenvalue weighted by Gasteiger charge is 2.21. The summed E-state index contributed by atoms with van der Waals surface area (Å²) in [4.78, 5) is 25.7. The van der Waals surface area contributed by atoms with Gasteiger partial charge in [0.2, 0.25) is 10.0 Å². The minimum atomic E-state index is -3.71. The number of nitrogens with one attached hydrogen (secondary N) is 2. The zero-order valence-corrected chi connectivity index (χ0v) is 19.9. The molecule has 1 aromatic heterocycles. The van der Waals surface area contributed by atoms with Crippen molar-refractivity contribution in [3.05, 3.63) is 102 Å². The molecule has 0 aliphatic heterocycles. The second-order valence-corrected chi connectivity index (χ2v) is 9.91. The zero-order chi connectivity index (χ0) is 25.0. The molecule has 0 bridgehead atoms. The van der Waals surface area contributed by atoms with Crippen LogP contribution >= 0.6 is 0 Å². The predicted molar refractivity (Wildman–Crippen MR) is 131 cm³/mol. The minimum Gasteiger partial charge on any atom is -0.267 e. The van der Waals surface area contributed by atoms with E-state index in [0.717, 1.165) is 15.6 Å². The Labute approximate surface area is 203 Å². The van der Waals surface area contributed by atoms with E-state index in [9.17, 15) is 18.0 Å². The number of benzene rings is 3. The Morgan fingerprint density at radius 2 is 1.46 bits per heavy atom. The van der Waals surface area contributed by atoms with Crippen LogP contribution < -0.4 is 10.9 Å². The van der Waals surface area contributed by atoms with E-state index >= 15 is 0 Å². The number of carbonyl (C=O) groups is 2. The summed E-state index contributed by atoms with van der Waals surface area (Å²) in [6, 6.07) is 24.1. The summed E-state index contributed by atoms with van der Waals surface area (Å²) in [5.41, 5.74) is 7.04. The van der Waals surface area contributed by atoms with Gasteiger partial charge in [-0.15, -0.1) is 0 Å². The normalized spacial score (nSPS) is 11.3. The molecule has 1 heterocycles. The van der Waals surface area contributed by atoms with Crippen LogP contribution in [-0.4, -0.2) is 48.4 Å². The largest absolute Gasteiger partial charge is 0.273 e. The molecule has 3 aromatic carbocycles. The van der Waals surface area contributed by atoms with Crippen molar-refractivity contribution in [1.29, 1.82) is 0 Å². The number of hydrazine groups is 1. The molecule has 0 spiro atoms. The summed E-state index contributed by atoms with van der Waals surface area (Å²) in [6.07, 6.45) is 1.59. The monoisotopic (exact) mass is 489 g/mol. The van der Waals surface area contributed by atoms with Gasteiger partial charge in [-0.3, -0.25) is 20.4 Å². The van der Waals surface area contributed by atoms with E-state index in [2.05, 4.69) is 16.0 Å². The third-order valence-electron chi connectivity index (χ3n) is 5.19. The van der Waals surface area contributed by atoms with Crippen LogP contribution in [0.3, 0.4) is 0 Å². The Bertz CT molecular complexity index is 1470. The summed E-state index contributed by atoms with van der Waals surface area (Å²) in [7, 11) is -0.902. The molecule has 2 amide bonds. The molecule has 0 aliphatic carbocycles. The summed E-state index contributed by atoms with van der Waals surface area (Å²) in [5.74, 6) is -1.23. The van der Waals surface area contributed by atoms with E-state index in [1.54, 1.807) is 10.9 Å². The topological polar surface area (TPSA) is 113 Å². The summed E-state index contributed by atoms with van der Waals surface area (Å²) in [5, 5.41) is 4.58. The second kappa shape index (κ2) is 9.92. The SMILES string of the molecule is CN(C)S(=O)(=O)c1cccc(C(=O)NNC(=O)c2cn(-c3ccccc3)nc2-c2ccccc2)c1. The second-order valence-electron chi connectivity index (χ2n) is 7.76. The van der Waals surface area contributed by atoms with Crippen molar-refractivity contribution >= 4 is 21.8 Å². The number of amides is 2. The third-order valence-corrected chi connectivity index (χ3v) is 7.00. The van der Waals surface area contributed by atoms with Gasteiger partial charge in [-0.2, -0.15) is 5.10 Å². The molecule has 0 fully saturated rings. The van der Waals surface area contributed by atoms with Crippen LogP contribution in [0.2, 0.25) is 0 Å². The van der Waals surface area contributed by atoms with Crippen molar-refractivity contribution < 1.29 is 18.0 Å². The van der Waals surface area contributed by atoms with Crippen molar-refractivity contribution in [1.82, 2.24) is 24.9 Å². The molecule has 9 nitrogen and oxygen atoms in total. The summed E-state index contributed by atoms with van der Waals surface area (Å²) in [6.45, 7) is 0. The summed E-state index contributed by atoms with van der Waals surface area (Å²) >= 11 is 0. The molecule has 0 unspecified atom stereocenters. The highest BCUT2D eigenvalue weighted by Crippen LogP contribution is 2.23. The quantitative estimate of drug-likeness (QED) is 0.405. The maximum Gasteiger partial charge on any atom is 0.273 e. The number of sulfonamides is 1. The predicted octanol–water partition coefficient (Wildman–Crippen LogP) is 2.86. The number of aromatic nitrogens is 2. The molecular formula is C25H23N5O4S. The van der Waals surface area contributed by atoms with Gasteiger partial charge in [-0.05, 0) is 30.3 Å². The standard InChI is InChI=1S/C25H23N5O4S/c1-29(2)35(33,34)21-15-9-12-19(16-21)24(31)26-27-25(32)22-17-30(20-13-7-4-8-14-20)28-23(22)18-10-5-3-6-11-18/h3-17H,1-2H3,(H,26,31)(H,27,32). The number of rotatable bonds is 6. The lowest BCUT2D eigenvalue weighted by Gasteiger charge is -2.12. The van der Waals surface area contributed by atoms with Gasteiger partial charge in [0.15, 0.2) is 0 Å². The maximum absolute atomic E-state index is 13.1. The fourth-order valence-electron chi connectivity index (χ4n) is 3.32. The van der Waals surface area contributed by atoms with E-state index in [1.807, 2.05) is 60.7 Å². The van der Waals surface area contributed by atoms with Gasteiger partial charge in [-0.1, -0.05) is 54.6 Å². The highest BCUT2D eigenvalue weighted by molar-refractivity contribution is 7.89. The number of nitrogens with zero attached hydrogens (tertiary/aromatic N) is 3. The Morgan fingerprint density at radius 1 is 0.829 bits per heavy atom. The lowest BCUT2D eigenvalue weighted by atomic mass is 10.1. The van der Waals surface area contributed by atoms with E-state index in [0.29, 0.717) is 5.69 Å². The van der Waals surface area contributed by atoms with Crippen LogP contribution in [0, 0.1) is 0 Å². The molecule has 0 radical (unpaired) electrons. The molecule has 0 saturated carbocycles. The number of para-hydroxylation sites is 1. The van der Waals surface area contributed by atoms with Crippen molar-refractivity contribution in [3.63, 3.8) is 0 Å². The molecule has 10 heteroatoms. The van der Waals surface area contributed by atoms with Gasteiger partial charge < -0.3 is 0 Å². The van der Waals surface area contributed by atoms with Gasteiger partial charge >= 0.3 is 0 Å². The molecular weight excluding hydrogens is 466 g/mol. The lowest BCUT2D eigenvalue weighted by molar-refractivity contribution is 0.0847. The first-order valence-electron chi connectivity index (χ1n) is 10.6. The minimum absolute atomic E-state index is 0.0306. The maximum atomic E-state index is 13.1. The smallest absolute Gasteiger partial charge is 0.267 e. The van der Waals surface area contributed by atoms with Gasteiger partial charge in [-0.25, -0.2) is 17.4 Å². The Kier molecular flexibility index (Phi) is 6.76. The highest BCUT2D eigenvalue weighted by atomic mass is 32.2. The lowest BCUT2D eigenvalue weighted by Crippen LogP contribution is -2.41. The molecule has 35 heavy (non-hydrogen) atoms. The van der Waals surface area contributed by atoms with Gasteiger partial charge in [0.25, 0.3) is 11.8 Å². The third kappa shape index (κ3) is 5.13.